The van der Waals surface area contributed by atoms with E-state index in [1.165, 1.54) is 25.7 Å². The van der Waals surface area contributed by atoms with Gasteiger partial charge in [-0.05, 0) is 62.7 Å². The van der Waals surface area contributed by atoms with Crippen LogP contribution >= 0.6 is 0 Å². The molecule has 0 aromatic carbocycles. The van der Waals surface area contributed by atoms with E-state index in [9.17, 15) is 9.59 Å². The Balaban J connectivity index is 1.36. The zero-order chi connectivity index (χ0) is 14.1. The SMILES string of the molecule is O=C(O)[C@@H]1CC[C@H](C(=O)NCCC2CC3CCC2C3)C1. The minimum atomic E-state index is -0.748. The first-order valence-corrected chi connectivity index (χ1v) is 8.14. The van der Waals surface area contributed by atoms with Gasteiger partial charge in [-0.1, -0.05) is 6.42 Å². The summed E-state index contributed by atoms with van der Waals surface area (Å²) < 4.78 is 0. The molecule has 0 spiro atoms. The van der Waals surface area contributed by atoms with Gasteiger partial charge in [-0.3, -0.25) is 9.59 Å². The molecule has 0 heterocycles. The van der Waals surface area contributed by atoms with E-state index in [0.29, 0.717) is 12.8 Å². The normalized spacial score (nSPS) is 39.1. The quantitative estimate of drug-likeness (QED) is 0.812. The number of fused-ring (bicyclic) bond motifs is 2. The topological polar surface area (TPSA) is 66.4 Å². The van der Waals surface area contributed by atoms with Gasteiger partial charge in [0.1, 0.15) is 0 Å². The maximum atomic E-state index is 12.0. The lowest BCUT2D eigenvalue weighted by Gasteiger charge is -2.22. The van der Waals surface area contributed by atoms with Gasteiger partial charge in [0.05, 0.1) is 5.92 Å². The van der Waals surface area contributed by atoms with Crippen LogP contribution in [0.4, 0.5) is 0 Å². The molecule has 5 atom stereocenters. The smallest absolute Gasteiger partial charge is 0.306 e. The van der Waals surface area contributed by atoms with Crippen LogP contribution in [0.5, 0.6) is 0 Å². The van der Waals surface area contributed by atoms with Crippen molar-refractivity contribution in [2.24, 2.45) is 29.6 Å². The third-order valence-corrected chi connectivity index (χ3v) is 5.85. The number of carboxylic acids is 1. The molecule has 1 amide bonds. The van der Waals surface area contributed by atoms with Crippen LogP contribution in [0.1, 0.15) is 51.4 Å². The van der Waals surface area contributed by atoms with Crippen LogP contribution in [-0.2, 0) is 9.59 Å². The van der Waals surface area contributed by atoms with Crippen LogP contribution in [0.25, 0.3) is 0 Å². The van der Waals surface area contributed by atoms with Crippen molar-refractivity contribution in [2.45, 2.75) is 51.4 Å². The predicted molar refractivity (Wildman–Crippen MR) is 75.0 cm³/mol. The molecule has 112 valence electrons. The molecule has 3 rings (SSSR count). The lowest BCUT2D eigenvalue weighted by Crippen LogP contribution is -2.32. The second-order valence-corrected chi connectivity index (χ2v) is 7.06. The Morgan fingerprint density at radius 2 is 1.80 bits per heavy atom. The summed E-state index contributed by atoms with van der Waals surface area (Å²) in [6.07, 6.45) is 8.62. The molecule has 2 N–H and O–H groups in total. The Morgan fingerprint density at radius 1 is 1.00 bits per heavy atom. The van der Waals surface area contributed by atoms with Gasteiger partial charge in [-0.15, -0.1) is 0 Å². The molecular formula is C16H25NO3. The molecule has 2 bridgehead atoms. The van der Waals surface area contributed by atoms with Crippen LogP contribution in [0, 0.1) is 29.6 Å². The molecule has 3 aliphatic rings. The van der Waals surface area contributed by atoms with Crippen molar-refractivity contribution >= 4 is 11.9 Å². The fraction of sp³-hybridized carbons (Fsp3) is 0.875. The number of carboxylic acid groups (broad SMARTS) is 1. The molecule has 3 fully saturated rings. The van der Waals surface area contributed by atoms with E-state index in [4.69, 9.17) is 5.11 Å². The lowest BCUT2D eigenvalue weighted by molar-refractivity contribution is -0.141. The highest BCUT2D eigenvalue weighted by Crippen LogP contribution is 2.49. The number of amides is 1. The Labute approximate surface area is 120 Å². The number of nitrogens with one attached hydrogen (secondary N) is 1. The predicted octanol–water partition coefficient (Wildman–Crippen LogP) is 2.43. The lowest BCUT2D eigenvalue weighted by atomic mass is 9.86. The minimum absolute atomic E-state index is 0.0730. The van der Waals surface area contributed by atoms with Crippen LogP contribution in [0.3, 0.4) is 0 Å². The molecule has 0 aliphatic heterocycles. The largest absolute Gasteiger partial charge is 0.481 e. The van der Waals surface area contributed by atoms with E-state index in [1.54, 1.807) is 0 Å². The second-order valence-electron chi connectivity index (χ2n) is 7.06. The van der Waals surface area contributed by atoms with Crippen LogP contribution < -0.4 is 5.32 Å². The number of carbonyl (C=O) groups is 2. The summed E-state index contributed by atoms with van der Waals surface area (Å²) in [4.78, 5) is 22.9. The second kappa shape index (κ2) is 5.74. The van der Waals surface area contributed by atoms with Crippen molar-refractivity contribution in [3.63, 3.8) is 0 Å². The summed E-state index contributed by atoms with van der Waals surface area (Å²) in [7, 11) is 0. The summed E-state index contributed by atoms with van der Waals surface area (Å²) in [5.74, 6) is 1.66. The summed E-state index contributed by atoms with van der Waals surface area (Å²) in [5.41, 5.74) is 0. The Bertz CT molecular complexity index is 395. The average molecular weight is 279 g/mol. The van der Waals surface area contributed by atoms with Gasteiger partial charge < -0.3 is 10.4 Å². The Hall–Kier alpha value is -1.06. The molecule has 0 aromatic rings. The van der Waals surface area contributed by atoms with E-state index in [0.717, 1.165) is 37.1 Å². The number of hydrogen-bond acceptors (Lipinski definition) is 2. The number of carbonyl (C=O) groups excluding carboxylic acids is 1. The molecule has 0 saturated heterocycles. The van der Waals surface area contributed by atoms with Gasteiger partial charge in [-0.25, -0.2) is 0 Å². The molecule has 20 heavy (non-hydrogen) atoms. The highest BCUT2D eigenvalue weighted by molar-refractivity contribution is 5.80. The van der Waals surface area contributed by atoms with E-state index >= 15 is 0 Å². The molecule has 3 unspecified atom stereocenters. The van der Waals surface area contributed by atoms with E-state index in [2.05, 4.69) is 5.32 Å². The van der Waals surface area contributed by atoms with Crippen molar-refractivity contribution in [3.05, 3.63) is 0 Å². The van der Waals surface area contributed by atoms with Crippen molar-refractivity contribution in [3.8, 4) is 0 Å². The minimum Gasteiger partial charge on any atom is -0.481 e. The van der Waals surface area contributed by atoms with E-state index in [-0.39, 0.29) is 17.7 Å². The fourth-order valence-electron chi connectivity index (χ4n) is 4.70. The highest BCUT2D eigenvalue weighted by Gasteiger charge is 2.39. The zero-order valence-corrected chi connectivity index (χ0v) is 12.0. The molecule has 4 heteroatoms. The number of hydrogen-bond donors (Lipinski definition) is 2. The van der Waals surface area contributed by atoms with Gasteiger partial charge in [0.25, 0.3) is 0 Å². The van der Waals surface area contributed by atoms with Crippen molar-refractivity contribution < 1.29 is 14.7 Å². The first-order chi connectivity index (χ1) is 9.63. The zero-order valence-electron chi connectivity index (χ0n) is 12.0. The van der Waals surface area contributed by atoms with Gasteiger partial charge in [0.15, 0.2) is 0 Å². The van der Waals surface area contributed by atoms with Gasteiger partial charge >= 0.3 is 5.97 Å². The Morgan fingerprint density at radius 3 is 2.40 bits per heavy atom. The first-order valence-electron chi connectivity index (χ1n) is 8.14. The van der Waals surface area contributed by atoms with Gasteiger partial charge in [0.2, 0.25) is 5.91 Å². The molecule has 3 saturated carbocycles. The van der Waals surface area contributed by atoms with Crippen molar-refractivity contribution in [1.29, 1.82) is 0 Å². The maximum absolute atomic E-state index is 12.0. The van der Waals surface area contributed by atoms with E-state index < -0.39 is 5.97 Å². The van der Waals surface area contributed by atoms with Crippen LogP contribution in [0.2, 0.25) is 0 Å². The summed E-state index contributed by atoms with van der Waals surface area (Å²) >= 11 is 0. The summed E-state index contributed by atoms with van der Waals surface area (Å²) in [5, 5.41) is 12.0. The molecule has 4 nitrogen and oxygen atoms in total. The first kappa shape index (κ1) is 13.9. The standard InChI is InChI=1S/C16H25NO3/c18-15(13-3-4-14(9-13)16(19)20)17-6-5-12-8-10-1-2-11(12)7-10/h10-14H,1-9H2,(H,17,18)(H,19,20)/t10?,11?,12?,13-,14+/m0/s1. The summed E-state index contributed by atoms with van der Waals surface area (Å²) in [6.45, 7) is 0.779. The maximum Gasteiger partial charge on any atom is 0.306 e. The third kappa shape index (κ3) is 2.84. The molecule has 0 radical (unpaired) electrons. The monoisotopic (exact) mass is 279 g/mol. The number of rotatable bonds is 5. The number of aliphatic carboxylic acids is 1. The van der Waals surface area contributed by atoms with Gasteiger partial charge in [-0.2, -0.15) is 0 Å². The van der Waals surface area contributed by atoms with Crippen LogP contribution in [0.15, 0.2) is 0 Å². The van der Waals surface area contributed by atoms with Crippen molar-refractivity contribution in [2.75, 3.05) is 6.54 Å². The summed E-state index contributed by atoms with van der Waals surface area (Å²) in [6, 6.07) is 0. The molecule has 3 aliphatic carbocycles. The van der Waals surface area contributed by atoms with Crippen LogP contribution in [-0.4, -0.2) is 23.5 Å². The third-order valence-electron chi connectivity index (χ3n) is 5.85. The van der Waals surface area contributed by atoms with Crippen molar-refractivity contribution in [1.82, 2.24) is 5.32 Å². The van der Waals surface area contributed by atoms with E-state index in [1.807, 2.05) is 0 Å². The Kier molecular flexibility index (Phi) is 3.99. The fourth-order valence-corrected chi connectivity index (χ4v) is 4.70. The molecule has 0 aromatic heterocycles. The average Bonchev–Trinajstić information content (AvgIpc) is 3.14. The molecular weight excluding hydrogens is 254 g/mol. The van der Waals surface area contributed by atoms with Gasteiger partial charge in [0, 0.05) is 12.5 Å². The highest BCUT2D eigenvalue weighted by atomic mass is 16.4.